The second kappa shape index (κ2) is 5.51. The summed E-state index contributed by atoms with van der Waals surface area (Å²) >= 11 is 0. The fraction of sp³-hybridized carbons (Fsp3) is 0.462. The molecular formula is C13H19N3O3S. The highest BCUT2D eigenvalue weighted by atomic mass is 32.2. The Kier molecular flexibility index (Phi) is 4.12. The summed E-state index contributed by atoms with van der Waals surface area (Å²) in [7, 11) is -3.66. The number of sulfonamides is 1. The second-order valence-corrected chi connectivity index (χ2v) is 6.77. The summed E-state index contributed by atoms with van der Waals surface area (Å²) in [6.07, 6.45) is 0. The van der Waals surface area contributed by atoms with E-state index in [1.165, 1.54) is 4.31 Å². The second-order valence-electron chi connectivity index (χ2n) is 4.88. The van der Waals surface area contributed by atoms with Crippen LogP contribution in [0.3, 0.4) is 0 Å². The van der Waals surface area contributed by atoms with Gasteiger partial charge in [0.05, 0.1) is 4.90 Å². The molecule has 7 heteroatoms. The number of carbonyl (C=O) groups is 1. The molecule has 20 heavy (non-hydrogen) atoms. The number of piperazine rings is 1. The van der Waals surface area contributed by atoms with Crippen molar-refractivity contribution in [2.45, 2.75) is 31.3 Å². The lowest BCUT2D eigenvalue weighted by Gasteiger charge is -2.31. The number of hydrogen-bond donors (Lipinski definition) is 2. The van der Waals surface area contributed by atoms with Crippen molar-refractivity contribution in [1.82, 2.24) is 9.62 Å². The number of nitrogens with one attached hydrogen (secondary N) is 1. The Labute approximate surface area is 119 Å². The molecule has 1 aliphatic rings. The Morgan fingerprint density at radius 2 is 2.15 bits per heavy atom. The maximum atomic E-state index is 12.6. The lowest BCUT2D eigenvalue weighted by Crippen LogP contribution is -2.55. The van der Waals surface area contributed by atoms with E-state index in [0.29, 0.717) is 13.1 Å². The Hall–Kier alpha value is -1.44. The molecule has 1 atom stereocenters. The van der Waals surface area contributed by atoms with E-state index in [2.05, 4.69) is 5.32 Å². The van der Waals surface area contributed by atoms with Gasteiger partial charge >= 0.3 is 0 Å². The standard InChI is InChI=1S/C13H19N3O3S/c1-9-7-12(4-3-11(9)8-14)20(18,19)16-6-5-15-13(17)10(16)2/h3-4,7,10H,5-6,8,14H2,1-2H3,(H,15,17). The molecule has 1 unspecified atom stereocenters. The van der Waals surface area contributed by atoms with Crippen LogP contribution in [0.1, 0.15) is 18.1 Å². The van der Waals surface area contributed by atoms with E-state index < -0.39 is 16.1 Å². The first-order chi connectivity index (χ1) is 9.37. The first kappa shape index (κ1) is 15.0. The third kappa shape index (κ3) is 2.56. The highest BCUT2D eigenvalue weighted by Gasteiger charge is 2.35. The molecule has 0 bridgehead atoms. The van der Waals surface area contributed by atoms with E-state index in [0.717, 1.165) is 11.1 Å². The zero-order valence-electron chi connectivity index (χ0n) is 11.6. The molecule has 1 aromatic rings. The van der Waals surface area contributed by atoms with E-state index >= 15 is 0 Å². The lowest BCUT2D eigenvalue weighted by atomic mass is 10.1. The minimum Gasteiger partial charge on any atom is -0.353 e. The molecule has 1 aromatic carbocycles. The van der Waals surface area contributed by atoms with Crippen molar-refractivity contribution < 1.29 is 13.2 Å². The Balaban J connectivity index is 2.39. The minimum atomic E-state index is -3.66. The number of amides is 1. The largest absolute Gasteiger partial charge is 0.353 e. The van der Waals surface area contributed by atoms with Gasteiger partial charge in [0.1, 0.15) is 6.04 Å². The molecule has 1 saturated heterocycles. The number of nitrogens with zero attached hydrogens (tertiary/aromatic N) is 1. The molecule has 110 valence electrons. The maximum Gasteiger partial charge on any atom is 0.243 e. The smallest absolute Gasteiger partial charge is 0.243 e. The molecule has 0 saturated carbocycles. The van der Waals surface area contributed by atoms with Crippen LogP contribution >= 0.6 is 0 Å². The van der Waals surface area contributed by atoms with Crippen molar-refractivity contribution in [3.63, 3.8) is 0 Å². The van der Waals surface area contributed by atoms with Gasteiger partial charge in [-0.3, -0.25) is 4.79 Å². The normalized spacial score (nSPS) is 20.8. The zero-order valence-corrected chi connectivity index (χ0v) is 12.4. The van der Waals surface area contributed by atoms with Gasteiger partial charge in [0.15, 0.2) is 0 Å². The average Bonchev–Trinajstić information content (AvgIpc) is 2.41. The van der Waals surface area contributed by atoms with E-state index in [1.54, 1.807) is 25.1 Å². The Morgan fingerprint density at radius 3 is 2.75 bits per heavy atom. The minimum absolute atomic E-state index is 0.203. The van der Waals surface area contributed by atoms with Crippen molar-refractivity contribution in [3.05, 3.63) is 29.3 Å². The molecule has 3 N–H and O–H groups in total. The van der Waals surface area contributed by atoms with Crippen LogP contribution < -0.4 is 11.1 Å². The fourth-order valence-corrected chi connectivity index (χ4v) is 3.96. The lowest BCUT2D eigenvalue weighted by molar-refractivity contribution is -0.126. The Bertz CT molecular complexity index is 628. The fourth-order valence-electron chi connectivity index (χ4n) is 2.28. The predicted molar refractivity (Wildman–Crippen MR) is 75.4 cm³/mol. The van der Waals surface area contributed by atoms with Gasteiger partial charge in [0.25, 0.3) is 0 Å². The van der Waals surface area contributed by atoms with Crippen molar-refractivity contribution in [2.24, 2.45) is 5.73 Å². The van der Waals surface area contributed by atoms with Crippen LogP contribution in [-0.2, 0) is 21.4 Å². The van der Waals surface area contributed by atoms with Crippen LogP contribution in [0.5, 0.6) is 0 Å². The molecule has 1 fully saturated rings. The van der Waals surface area contributed by atoms with E-state index in [1.807, 2.05) is 6.92 Å². The number of hydrogen-bond acceptors (Lipinski definition) is 4. The molecular weight excluding hydrogens is 278 g/mol. The third-order valence-corrected chi connectivity index (χ3v) is 5.55. The van der Waals surface area contributed by atoms with Gasteiger partial charge in [0, 0.05) is 19.6 Å². The van der Waals surface area contributed by atoms with Crippen LogP contribution in [0.2, 0.25) is 0 Å². The van der Waals surface area contributed by atoms with Crippen LogP contribution in [0.15, 0.2) is 23.1 Å². The third-order valence-electron chi connectivity index (χ3n) is 3.58. The van der Waals surface area contributed by atoms with E-state index in [-0.39, 0.29) is 17.3 Å². The molecule has 1 heterocycles. The van der Waals surface area contributed by atoms with Gasteiger partial charge < -0.3 is 11.1 Å². The number of benzene rings is 1. The average molecular weight is 297 g/mol. The van der Waals surface area contributed by atoms with Crippen molar-refractivity contribution in [1.29, 1.82) is 0 Å². The topological polar surface area (TPSA) is 92.5 Å². The molecule has 0 aliphatic carbocycles. The van der Waals surface area contributed by atoms with Crippen LogP contribution in [0.4, 0.5) is 0 Å². The van der Waals surface area contributed by atoms with E-state index in [4.69, 9.17) is 5.73 Å². The first-order valence-corrected chi connectivity index (χ1v) is 7.91. The van der Waals surface area contributed by atoms with Gasteiger partial charge in [-0.1, -0.05) is 6.07 Å². The van der Waals surface area contributed by atoms with Gasteiger partial charge in [0.2, 0.25) is 15.9 Å². The zero-order chi connectivity index (χ0) is 14.9. The summed E-state index contributed by atoms with van der Waals surface area (Å²) in [5.41, 5.74) is 7.33. The van der Waals surface area contributed by atoms with Crippen LogP contribution in [0.25, 0.3) is 0 Å². The molecule has 0 spiro atoms. The number of carbonyl (C=O) groups excluding carboxylic acids is 1. The number of nitrogens with two attached hydrogens (primary N) is 1. The quantitative estimate of drug-likeness (QED) is 0.819. The molecule has 2 rings (SSSR count). The van der Waals surface area contributed by atoms with E-state index in [9.17, 15) is 13.2 Å². The van der Waals surface area contributed by atoms with Crippen LogP contribution in [0, 0.1) is 6.92 Å². The van der Waals surface area contributed by atoms with Gasteiger partial charge in [-0.05, 0) is 37.1 Å². The highest BCUT2D eigenvalue weighted by molar-refractivity contribution is 7.89. The van der Waals surface area contributed by atoms with Crippen molar-refractivity contribution in [2.75, 3.05) is 13.1 Å². The number of rotatable bonds is 3. The predicted octanol–water partition coefficient (Wildman–Crippen LogP) is -0.0373. The molecule has 1 amide bonds. The summed E-state index contributed by atoms with van der Waals surface area (Å²) in [5.74, 6) is -0.268. The molecule has 0 radical (unpaired) electrons. The van der Waals surface area contributed by atoms with Gasteiger partial charge in [-0.15, -0.1) is 0 Å². The first-order valence-electron chi connectivity index (χ1n) is 6.47. The summed E-state index contributed by atoms with van der Waals surface area (Å²) in [6, 6.07) is 4.18. The van der Waals surface area contributed by atoms with Gasteiger partial charge in [-0.25, -0.2) is 8.42 Å². The monoisotopic (exact) mass is 297 g/mol. The summed E-state index contributed by atoms with van der Waals surface area (Å²) in [5, 5.41) is 2.65. The molecule has 1 aliphatic heterocycles. The van der Waals surface area contributed by atoms with Crippen molar-refractivity contribution in [3.8, 4) is 0 Å². The highest BCUT2D eigenvalue weighted by Crippen LogP contribution is 2.22. The summed E-state index contributed by atoms with van der Waals surface area (Å²) in [6.45, 7) is 4.41. The maximum absolute atomic E-state index is 12.6. The molecule has 0 aromatic heterocycles. The molecule has 6 nitrogen and oxygen atoms in total. The Morgan fingerprint density at radius 1 is 1.45 bits per heavy atom. The van der Waals surface area contributed by atoms with Crippen LogP contribution in [-0.4, -0.2) is 37.8 Å². The number of aryl methyl sites for hydroxylation is 1. The summed E-state index contributed by atoms with van der Waals surface area (Å²) in [4.78, 5) is 11.8. The van der Waals surface area contributed by atoms with Gasteiger partial charge in [-0.2, -0.15) is 4.31 Å². The summed E-state index contributed by atoms with van der Waals surface area (Å²) < 4.78 is 26.5. The SMILES string of the molecule is Cc1cc(S(=O)(=O)N2CCNC(=O)C2C)ccc1CN. The van der Waals surface area contributed by atoms with Crippen molar-refractivity contribution >= 4 is 15.9 Å².